The number of hydrogen-bond donors (Lipinski definition) is 0. The van der Waals surface area contributed by atoms with Crippen molar-refractivity contribution in [1.82, 2.24) is 9.80 Å². The number of imide groups is 1. The quantitative estimate of drug-likeness (QED) is 0.467. The van der Waals surface area contributed by atoms with E-state index in [1.807, 2.05) is 0 Å². The monoisotopic (exact) mass is 201 g/mol. The van der Waals surface area contributed by atoms with E-state index in [-0.39, 0.29) is 19.0 Å². The topological polar surface area (TPSA) is 64.4 Å². The molecular weight excluding hydrogens is 194 g/mol. The molecule has 0 N–H and O–H groups in total. The highest BCUT2D eigenvalue weighted by Gasteiger charge is 2.34. The summed E-state index contributed by atoms with van der Waals surface area (Å²) in [5.41, 5.74) is 0. The summed E-state index contributed by atoms with van der Waals surface area (Å²) in [7, 11) is 1.52. The summed E-state index contributed by atoms with van der Waals surface area (Å²) in [5.74, 6) is -0.312. The highest BCUT2D eigenvalue weighted by atomic mass is 35.5. The van der Waals surface area contributed by atoms with E-state index in [1.165, 1.54) is 11.9 Å². The number of carbonyl (C=O) groups excluding carboxylic acids is 2. The zero-order valence-corrected chi connectivity index (χ0v) is 7.78. The molecular formula is C7H8ClN3O2. The predicted molar refractivity (Wildman–Crippen MR) is 45.0 cm³/mol. The summed E-state index contributed by atoms with van der Waals surface area (Å²) < 4.78 is 0. The van der Waals surface area contributed by atoms with Gasteiger partial charge in [-0.3, -0.25) is 9.69 Å². The Bertz CT molecular complexity index is 286. The molecule has 1 aliphatic rings. The largest absolute Gasteiger partial charge is 0.327 e. The second-order valence-corrected chi connectivity index (χ2v) is 3.27. The molecule has 0 aromatic heterocycles. The third-order valence-electron chi connectivity index (χ3n) is 1.71. The number of nitriles is 1. The fourth-order valence-electron chi connectivity index (χ4n) is 1.05. The minimum absolute atomic E-state index is 0.0416. The summed E-state index contributed by atoms with van der Waals surface area (Å²) in [5, 5.41) is 7.55. The first-order valence-corrected chi connectivity index (χ1v) is 4.09. The van der Waals surface area contributed by atoms with Gasteiger partial charge in [0, 0.05) is 7.05 Å². The van der Waals surface area contributed by atoms with Gasteiger partial charge in [-0.05, 0) is 0 Å². The SMILES string of the molecule is CN1CC(=O)N(CC(Cl)C#N)C1=O. The molecule has 1 aliphatic heterocycles. The number of alkyl halides is 1. The lowest BCUT2D eigenvalue weighted by molar-refractivity contribution is -0.125. The lowest BCUT2D eigenvalue weighted by Gasteiger charge is -2.13. The summed E-state index contributed by atoms with van der Waals surface area (Å²) >= 11 is 5.50. The minimum atomic E-state index is -0.834. The molecule has 5 nitrogen and oxygen atoms in total. The van der Waals surface area contributed by atoms with Crippen molar-refractivity contribution in [2.24, 2.45) is 0 Å². The number of likely N-dealkylation sites (N-methyl/N-ethyl adjacent to an activating group) is 1. The van der Waals surface area contributed by atoms with Crippen LogP contribution in [0.1, 0.15) is 0 Å². The molecule has 0 aromatic rings. The summed E-state index contributed by atoms with van der Waals surface area (Å²) in [6, 6.07) is 1.35. The second kappa shape index (κ2) is 3.62. The lowest BCUT2D eigenvalue weighted by Crippen LogP contribution is -2.35. The molecule has 3 amide bonds. The van der Waals surface area contributed by atoms with Crippen molar-refractivity contribution < 1.29 is 9.59 Å². The maximum atomic E-state index is 11.2. The first kappa shape index (κ1) is 9.81. The van der Waals surface area contributed by atoms with Crippen LogP contribution in [0.5, 0.6) is 0 Å². The van der Waals surface area contributed by atoms with Crippen LogP contribution in [-0.4, -0.2) is 47.3 Å². The van der Waals surface area contributed by atoms with Gasteiger partial charge in [0.05, 0.1) is 12.6 Å². The molecule has 0 aliphatic carbocycles. The summed E-state index contributed by atoms with van der Waals surface area (Å²) in [4.78, 5) is 24.6. The zero-order chi connectivity index (χ0) is 10.0. The van der Waals surface area contributed by atoms with Gasteiger partial charge >= 0.3 is 6.03 Å². The van der Waals surface area contributed by atoms with E-state index in [1.54, 1.807) is 6.07 Å². The van der Waals surface area contributed by atoms with Gasteiger partial charge in [0.25, 0.3) is 0 Å². The Morgan fingerprint density at radius 2 is 2.31 bits per heavy atom. The fourth-order valence-corrected chi connectivity index (χ4v) is 1.19. The van der Waals surface area contributed by atoms with Crippen molar-refractivity contribution >= 4 is 23.5 Å². The fraction of sp³-hybridized carbons (Fsp3) is 0.571. The number of urea groups is 1. The van der Waals surface area contributed by atoms with Gasteiger partial charge in [0.2, 0.25) is 5.91 Å². The Kier molecular flexibility index (Phi) is 2.73. The van der Waals surface area contributed by atoms with Crippen LogP contribution in [-0.2, 0) is 4.79 Å². The minimum Gasteiger partial charge on any atom is -0.318 e. The number of rotatable bonds is 2. The van der Waals surface area contributed by atoms with Crippen molar-refractivity contribution in [2.75, 3.05) is 20.1 Å². The molecule has 6 heteroatoms. The number of nitrogens with zero attached hydrogens (tertiary/aromatic N) is 3. The number of amides is 3. The Balaban J connectivity index is 2.65. The van der Waals surface area contributed by atoms with Crippen molar-refractivity contribution in [3.63, 3.8) is 0 Å². The number of hydrogen-bond acceptors (Lipinski definition) is 3. The maximum absolute atomic E-state index is 11.2. The maximum Gasteiger partial charge on any atom is 0.327 e. The van der Waals surface area contributed by atoms with Crippen LogP contribution in [0.15, 0.2) is 0 Å². The molecule has 13 heavy (non-hydrogen) atoms. The van der Waals surface area contributed by atoms with E-state index in [0.717, 1.165) is 4.90 Å². The molecule has 1 saturated heterocycles. The molecule has 0 saturated carbocycles. The number of halogens is 1. The lowest BCUT2D eigenvalue weighted by atomic mass is 10.4. The van der Waals surface area contributed by atoms with Gasteiger partial charge in [-0.15, -0.1) is 11.6 Å². The molecule has 1 rings (SSSR count). The van der Waals surface area contributed by atoms with Crippen molar-refractivity contribution in [1.29, 1.82) is 5.26 Å². The van der Waals surface area contributed by atoms with E-state index >= 15 is 0 Å². The van der Waals surface area contributed by atoms with Crippen LogP contribution < -0.4 is 0 Å². The molecule has 0 radical (unpaired) electrons. The smallest absolute Gasteiger partial charge is 0.318 e. The Labute approximate surface area is 80.5 Å². The van der Waals surface area contributed by atoms with Crippen LogP contribution in [0.3, 0.4) is 0 Å². The highest BCUT2D eigenvalue weighted by molar-refractivity contribution is 6.22. The standard InChI is InChI=1S/C7H8ClN3O2/c1-10-4-6(12)11(7(10)13)3-5(8)2-9/h5H,3-4H2,1H3. The van der Waals surface area contributed by atoms with Crippen molar-refractivity contribution in [3.8, 4) is 6.07 Å². The van der Waals surface area contributed by atoms with Gasteiger partial charge in [-0.25, -0.2) is 4.79 Å². The van der Waals surface area contributed by atoms with E-state index in [4.69, 9.17) is 16.9 Å². The van der Waals surface area contributed by atoms with Gasteiger partial charge in [-0.1, -0.05) is 0 Å². The average Bonchev–Trinajstić information content (AvgIpc) is 2.32. The molecule has 1 fully saturated rings. The van der Waals surface area contributed by atoms with Gasteiger partial charge in [-0.2, -0.15) is 5.26 Å². The molecule has 70 valence electrons. The summed E-state index contributed by atoms with van der Waals surface area (Å²) in [6.45, 7) is 0.0218. The Morgan fingerprint density at radius 1 is 1.69 bits per heavy atom. The molecule has 0 aromatic carbocycles. The Morgan fingerprint density at radius 3 is 2.69 bits per heavy atom. The van der Waals surface area contributed by atoms with Crippen LogP contribution in [0.25, 0.3) is 0 Å². The van der Waals surface area contributed by atoms with Crippen molar-refractivity contribution in [2.45, 2.75) is 5.38 Å². The van der Waals surface area contributed by atoms with E-state index in [9.17, 15) is 9.59 Å². The van der Waals surface area contributed by atoms with E-state index in [2.05, 4.69) is 0 Å². The van der Waals surface area contributed by atoms with Crippen molar-refractivity contribution in [3.05, 3.63) is 0 Å². The van der Waals surface area contributed by atoms with Gasteiger partial charge in [0.15, 0.2) is 0 Å². The van der Waals surface area contributed by atoms with Crippen LogP contribution in [0.2, 0.25) is 0 Å². The molecule has 1 atom stereocenters. The zero-order valence-electron chi connectivity index (χ0n) is 7.03. The molecule has 1 heterocycles. The number of carbonyl (C=O) groups is 2. The van der Waals surface area contributed by atoms with Gasteiger partial charge < -0.3 is 4.90 Å². The third-order valence-corrected chi connectivity index (χ3v) is 1.95. The van der Waals surface area contributed by atoms with Crippen LogP contribution in [0.4, 0.5) is 4.79 Å². The molecule has 0 spiro atoms. The molecule has 0 bridgehead atoms. The molecule has 1 unspecified atom stereocenters. The highest BCUT2D eigenvalue weighted by Crippen LogP contribution is 2.09. The van der Waals surface area contributed by atoms with E-state index < -0.39 is 11.4 Å². The first-order chi connectivity index (χ1) is 6.06. The normalized spacial score (nSPS) is 19.2. The van der Waals surface area contributed by atoms with E-state index in [0.29, 0.717) is 0 Å². The van der Waals surface area contributed by atoms with Gasteiger partial charge in [0.1, 0.15) is 11.9 Å². The average molecular weight is 202 g/mol. The Hall–Kier alpha value is -1.28. The van der Waals surface area contributed by atoms with Crippen LogP contribution >= 0.6 is 11.6 Å². The van der Waals surface area contributed by atoms with Crippen LogP contribution in [0, 0.1) is 11.3 Å². The first-order valence-electron chi connectivity index (χ1n) is 3.65. The third kappa shape index (κ3) is 1.90. The second-order valence-electron chi connectivity index (χ2n) is 2.74. The summed E-state index contributed by atoms with van der Waals surface area (Å²) in [6.07, 6.45) is 0. The predicted octanol–water partition coefficient (Wildman–Crippen LogP) is 0.0114.